The SMILES string of the molecule is Cc1cscc1C(N)c1cc(F)ccc1F. The maximum absolute atomic E-state index is 13.5. The molecule has 0 aliphatic rings. The topological polar surface area (TPSA) is 26.0 Å². The van der Waals surface area contributed by atoms with Crippen molar-refractivity contribution in [1.29, 1.82) is 0 Å². The number of aryl methyl sites for hydroxylation is 1. The highest BCUT2D eigenvalue weighted by Gasteiger charge is 2.16. The summed E-state index contributed by atoms with van der Waals surface area (Å²) in [6.07, 6.45) is 0. The van der Waals surface area contributed by atoms with E-state index in [1.54, 1.807) is 0 Å². The molecule has 1 nitrogen and oxygen atoms in total. The van der Waals surface area contributed by atoms with Crippen LogP contribution in [-0.4, -0.2) is 0 Å². The Balaban J connectivity index is 2.45. The summed E-state index contributed by atoms with van der Waals surface area (Å²) in [5, 5.41) is 3.80. The van der Waals surface area contributed by atoms with E-state index in [1.807, 2.05) is 17.7 Å². The number of benzene rings is 1. The van der Waals surface area contributed by atoms with Gasteiger partial charge in [-0.25, -0.2) is 8.78 Å². The fourth-order valence-corrected chi connectivity index (χ4v) is 2.50. The lowest BCUT2D eigenvalue weighted by molar-refractivity contribution is 0.576. The first-order valence-corrected chi connectivity index (χ1v) is 5.77. The molecule has 1 aromatic carbocycles. The quantitative estimate of drug-likeness (QED) is 0.854. The largest absolute Gasteiger partial charge is 0.320 e. The Bertz CT molecular complexity index is 507. The van der Waals surface area contributed by atoms with Crippen LogP contribution >= 0.6 is 11.3 Å². The Morgan fingerprint density at radius 1 is 1.19 bits per heavy atom. The summed E-state index contributed by atoms with van der Waals surface area (Å²) in [5.74, 6) is -0.945. The molecule has 0 aliphatic heterocycles. The molecular formula is C12H11F2NS. The maximum Gasteiger partial charge on any atom is 0.128 e. The fraction of sp³-hybridized carbons (Fsp3) is 0.167. The van der Waals surface area contributed by atoms with E-state index in [-0.39, 0.29) is 5.56 Å². The Labute approximate surface area is 96.5 Å². The van der Waals surface area contributed by atoms with Gasteiger partial charge in [-0.2, -0.15) is 11.3 Å². The lowest BCUT2D eigenvalue weighted by atomic mass is 9.99. The number of thiophene rings is 1. The van der Waals surface area contributed by atoms with E-state index < -0.39 is 17.7 Å². The minimum atomic E-state index is -0.609. The summed E-state index contributed by atoms with van der Waals surface area (Å²) in [7, 11) is 0. The molecule has 0 spiro atoms. The number of nitrogens with two attached hydrogens (primary N) is 1. The molecule has 0 bridgehead atoms. The minimum Gasteiger partial charge on any atom is -0.320 e. The van der Waals surface area contributed by atoms with E-state index in [9.17, 15) is 8.78 Å². The van der Waals surface area contributed by atoms with Crippen molar-refractivity contribution >= 4 is 11.3 Å². The van der Waals surface area contributed by atoms with Crippen LogP contribution < -0.4 is 5.73 Å². The molecule has 0 fully saturated rings. The molecule has 0 aliphatic carbocycles. The van der Waals surface area contributed by atoms with Gasteiger partial charge in [-0.3, -0.25) is 0 Å². The summed E-state index contributed by atoms with van der Waals surface area (Å²) in [6.45, 7) is 1.91. The summed E-state index contributed by atoms with van der Waals surface area (Å²) < 4.78 is 26.5. The van der Waals surface area contributed by atoms with Crippen LogP contribution in [-0.2, 0) is 0 Å². The van der Waals surface area contributed by atoms with E-state index >= 15 is 0 Å². The average Bonchev–Trinajstić information content (AvgIpc) is 2.67. The zero-order valence-corrected chi connectivity index (χ0v) is 9.52. The lowest BCUT2D eigenvalue weighted by Crippen LogP contribution is -2.14. The highest BCUT2D eigenvalue weighted by molar-refractivity contribution is 7.08. The van der Waals surface area contributed by atoms with Gasteiger partial charge in [0.15, 0.2) is 0 Å². The van der Waals surface area contributed by atoms with Gasteiger partial charge in [0.2, 0.25) is 0 Å². The van der Waals surface area contributed by atoms with E-state index in [1.165, 1.54) is 11.3 Å². The summed E-state index contributed by atoms with van der Waals surface area (Å²) >= 11 is 1.50. The smallest absolute Gasteiger partial charge is 0.128 e. The van der Waals surface area contributed by atoms with Crippen LogP contribution in [0.1, 0.15) is 22.7 Å². The van der Waals surface area contributed by atoms with Gasteiger partial charge in [0.25, 0.3) is 0 Å². The molecule has 16 heavy (non-hydrogen) atoms. The molecule has 0 amide bonds. The number of halogens is 2. The van der Waals surface area contributed by atoms with Gasteiger partial charge in [0, 0.05) is 5.56 Å². The maximum atomic E-state index is 13.5. The molecule has 1 aromatic heterocycles. The lowest BCUT2D eigenvalue weighted by Gasteiger charge is -2.13. The highest BCUT2D eigenvalue weighted by Crippen LogP contribution is 2.27. The molecule has 1 unspecified atom stereocenters. The summed E-state index contributed by atoms with van der Waals surface area (Å²) in [4.78, 5) is 0. The number of hydrogen-bond donors (Lipinski definition) is 1. The summed E-state index contributed by atoms with van der Waals surface area (Å²) in [6, 6.07) is 2.73. The van der Waals surface area contributed by atoms with Gasteiger partial charge >= 0.3 is 0 Å². The Hall–Kier alpha value is -1.26. The van der Waals surface area contributed by atoms with Crippen LogP contribution in [0.15, 0.2) is 29.0 Å². The first-order chi connectivity index (χ1) is 7.59. The first-order valence-electron chi connectivity index (χ1n) is 4.83. The second kappa shape index (κ2) is 4.31. The number of hydrogen-bond acceptors (Lipinski definition) is 2. The molecule has 0 radical (unpaired) electrons. The molecule has 4 heteroatoms. The van der Waals surface area contributed by atoms with Crippen molar-refractivity contribution in [2.24, 2.45) is 5.73 Å². The van der Waals surface area contributed by atoms with Gasteiger partial charge < -0.3 is 5.73 Å². The van der Waals surface area contributed by atoms with Crippen molar-refractivity contribution in [1.82, 2.24) is 0 Å². The van der Waals surface area contributed by atoms with Crippen molar-refractivity contribution in [3.05, 3.63) is 57.3 Å². The molecule has 2 N–H and O–H groups in total. The van der Waals surface area contributed by atoms with Crippen molar-refractivity contribution in [3.63, 3.8) is 0 Å². The standard InChI is InChI=1S/C12H11F2NS/c1-7-5-16-6-10(7)12(15)9-4-8(13)2-3-11(9)14/h2-6,12H,15H2,1H3. The van der Waals surface area contributed by atoms with Gasteiger partial charge in [-0.1, -0.05) is 0 Å². The Kier molecular flexibility index (Phi) is 3.03. The van der Waals surface area contributed by atoms with Crippen LogP contribution in [0.4, 0.5) is 8.78 Å². The first kappa shape index (κ1) is 11.2. The molecule has 1 atom stereocenters. The Morgan fingerprint density at radius 3 is 2.56 bits per heavy atom. The minimum absolute atomic E-state index is 0.196. The summed E-state index contributed by atoms with van der Waals surface area (Å²) in [5.41, 5.74) is 7.97. The molecule has 0 saturated heterocycles. The van der Waals surface area contributed by atoms with E-state index in [2.05, 4.69) is 0 Å². The number of rotatable bonds is 2. The van der Waals surface area contributed by atoms with Gasteiger partial charge in [-0.15, -0.1) is 0 Å². The fourth-order valence-electron chi connectivity index (χ4n) is 1.61. The van der Waals surface area contributed by atoms with Crippen molar-refractivity contribution in [2.75, 3.05) is 0 Å². The zero-order chi connectivity index (χ0) is 11.7. The van der Waals surface area contributed by atoms with Crippen molar-refractivity contribution < 1.29 is 8.78 Å². The van der Waals surface area contributed by atoms with Crippen LogP contribution in [0.25, 0.3) is 0 Å². The van der Waals surface area contributed by atoms with Crippen molar-refractivity contribution in [2.45, 2.75) is 13.0 Å². The van der Waals surface area contributed by atoms with Crippen LogP contribution in [0, 0.1) is 18.6 Å². The Morgan fingerprint density at radius 2 is 1.94 bits per heavy atom. The zero-order valence-electron chi connectivity index (χ0n) is 8.71. The molecule has 2 aromatic rings. The molecule has 0 saturated carbocycles. The van der Waals surface area contributed by atoms with E-state index in [4.69, 9.17) is 5.73 Å². The second-order valence-corrected chi connectivity index (χ2v) is 4.40. The van der Waals surface area contributed by atoms with Crippen LogP contribution in [0.3, 0.4) is 0 Å². The molecule has 2 rings (SSSR count). The third-order valence-electron chi connectivity index (χ3n) is 2.52. The normalized spacial score (nSPS) is 12.8. The predicted octanol–water partition coefficient (Wildman–Crippen LogP) is 3.38. The van der Waals surface area contributed by atoms with Gasteiger partial charge in [0.1, 0.15) is 11.6 Å². The average molecular weight is 239 g/mol. The highest BCUT2D eigenvalue weighted by atomic mass is 32.1. The third-order valence-corrected chi connectivity index (χ3v) is 3.40. The molecular weight excluding hydrogens is 228 g/mol. The van der Waals surface area contributed by atoms with Crippen molar-refractivity contribution in [3.8, 4) is 0 Å². The van der Waals surface area contributed by atoms with Crippen LogP contribution in [0.5, 0.6) is 0 Å². The van der Waals surface area contributed by atoms with Gasteiger partial charge in [-0.05, 0) is 47.0 Å². The molecule has 84 valence electrons. The van der Waals surface area contributed by atoms with E-state index in [0.29, 0.717) is 0 Å². The second-order valence-electron chi connectivity index (χ2n) is 3.65. The van der Waals surface area contributed by atoms with E-state index in [0.717, 1.165) is 29.3 Å². The monoisotopic (exact) mass is 239 g/mol. The third kappa shape index (κ3) is 1.99. The van der Waals surface area contributed by atoms with Gasteiger partial charge in [0.05, 0.1) is 6.04 Å². The van der Waals surface area contributed by atoms with Crippen LogP contribution in [0.2, 0.25) is 0 Å². The predicted molar refractivity (Wildman–Crippen MR) is 61.4 cm³/mol. The molecule has 1 heterocycles.